The lowest BCUT2D eigenvalue weighted by atomic mass is 9.77. The fourth-order valence-corrected chi connectivity index (χ4v) is 6.08. The molecular formula is C37H45FN2O4. The molecule has 3 aromatic carbocycles. The summed E-state index contributed by atoms with van der Waals surface area (Å²) in [5.41, 5.74) is 3.22. The van der Waals surface area contributed by atoms with Crippen molar-refractivity contribution in [2.24, 2.45) is 0 Å². The number of hydrogen-bond donors (Lipinski definition) is 1. The van der Waals surface area contributed by atoms with E-state index < -0.39 is 11.4 Å². The number of nitrogens with one attached hydrogen (secondary N) is 1. The number of rotatable bonds is 14. The van der Waals surface area contributed by atoms with Gasteiger partial charge < -0.3 is 19.7 Å². The fourth-order valence-electron chi connectivity index (χ4n) is 6.08. The Balaban J connectivity index is 1.53. The molecule has 0 saturated heterocycles. The molecule has 0 spiro atoms. The molecule has 0 saturated carbocycles. The molecule has 6 nitrogen and oxygen atoms in total. The van der Waals surface area contributed by atoms with Gasteiger partial charge in [0.05, 0.1) is 7.11 Å². The lowest BCUT2D eigenvalue weighted by Crippen LogP contribution is -2.42. The Kier molecular flexibility index (Phi) is 11.3. The highest BCUT2D eigenvalue weighted by atomic mass is 19.1. The first-order valence-corrected chi connectivity index (χ1v) is 15.6. The molecule has 0 heterocycles. The Morgan fingerprint density at radius 1 is 1.00 bits per heavy atom. The molecule has 1 unspecified atom stereocenters. The van der Waals surface area contributed by atoms with Crippen molar-refractivity contribution in [3.8, 4) is 5.75 Å². The van der Waals surface area contributed by atoms with E-state index in [9.17, 15) is 14.0 Å². The Bertz CT molecular complexity index is 1450. The van der Waals surface area contributed by atoms with Crippen LogP contribution in [0.15, 0.2) is 72.8 Å². The monoisotopic (exact) mass is 600 g/mol. The maximum atomic E-state index is 14.7. The van der Waals surface area contributed by atoms with Gasteiger partial charge in [-0.05, 0) is 111 Å². The molecule has 0 aromatic heterocycles. The van der Waals surface area contributed by atoms with Crippen LogP contribution in [0, 0.1) is 12.7 Å². The lowest BCUT2D eigenvalue weighted by Gasteiger charge is -2.27. The number of methoxy groups -OCH3 is 1. The van der Waals surface area contributed by atoms with Gasteiger partial charge in [0.1, 0.15) is 23.6 Å². The van der Waals surface area contributed by atoms with Crippen molar-refractivity contribution in [1.82, 2.24) is 10.2 Å². The minimum Gasteiger partial charge on any atom is -0.497 e. The maximum Gasteiger partial charge on any atom is 0.320 e. The van der Waals surface area contributed by atoms with Crippen LogP contribution in [0.25, 0.3) is 5.57 Å². The van der Waals surface area contributed by atoms with Crippen molar-refractivity contribution in [2.45, 2.75) is 71.4 Å². The third-order valence-electron chi connectivity index (χ3n) is 8.36. The summed E-state index contributed by atoms with van der Waals surface area (Å²) in [6.45, 7) is 11.0. The van der Waals surface area contributed by atoms with Gasteiger partial charge in [-0.15, -0.1) is 0 Å². The molecule has 2 atom stereocenters. The summed E-state index contributed by atoms with van der Waals surface area (Å²) in [4.78, 5) is 29.2. The van der Waals surface area contributed by atoms with Crippen molar-refractivity contribution in [3.63, 3.8) is 0 Å². The Morgan fingerprint density at radius 3 is 2.32 bits per heavy atom. The quantitative estimate of drug-likeness (QED) is 0.198. The first-order chi connectivity index (χ1) is 21.2. The second kappa shape index (κ2) is 15.2. The summed E-state index contributed by atoms with van der Waals surface area (Å²) < 4.78 is 25.8. The summed E-state index contributed by atoms with van der Waals surface area (Å²) in [6, 6.07) is 19.7. The zero-order valence-electron chi connectivity index (χ0n) is 26.6. The van der Waals surface area contributed by atoms with Gasteiger partial charge in [0.25, 0.3) is 5.91 Å². The van der Waals surface area contributed by atoms with Crippen molar-refractivity contribution < 1.29 is 23.5 Å². The molecule has 44 heavy (non-hydrogen) atoms. The van der Waals surface area contributed by atoms with Gasteiger partial charge in [-0.1, -0.05) is 56.3 Å². The van der Waals surface area contributed by atoms with E-state index in [2.05, 4.69) is 24.1 Å². The van der Waals surface area contributed by atoms with Gasteiger partial charge in [0.15, 0.2) is 0 Å². The number of amides is 1. The second-order valence-electron chi connectivity index (χ2n) is 11.7. The van der Waals surface area contributed by atoms with Crippen LogP contribution in [0.2, 0.25) is 0 Å². The average Bonchev–Trinajstić information content (AvgIpc) is 3.48. The third-order valence-corrected chi connectivity index (χ3v) is 8.36. The van der Waals surface area contributed by atoms with Crippen LogP contribution in [-0.4, -0.2) is 49.6 Å². The number of esters is 1. The minimum atomic E-state index is -1.12. The van der Waals surface area contributed by atoms with E-state index in [1.165, 1.54) is 6.07 Å². The highest BCUT2D eigenvalue weighted by molar-refractivity contribution is 5.95. The molecule has 234 valence electrons. The van der Waals surface area contributed by atoms with Crippen molar-refractivity contribution in [3.05, 3.63) is 106 Å². The number of allylic oxidation sites excluding steroid dienone is 1. The predicted molar refractivity (Wildman–Crippen MR) is 173 cm³/mol. The summed E-state index contributed by atoms with van der Waals surface area (Å²) in [6.07, 6.45) is 5.16. The number of halogens is 1. The molecule has 4 rings (SSSR count). The number of hydrogen-bond acceptors (Lipinski definition) is 5. The average molecular weight is 601 g/mol. The van der Waals surface area contributed by atoms with E-state index in [-0.39, 0.29) is 24.4 Å². The van der Waals surface area contributed by atoms with Gasteiger partial charge >= 0.3 is 5.97 Å². The van der Waals surface area contributed by atoms with E-state index in [4.69, 9.17) is 9.47 Å². The Hall–Kier alpha value is -3.97. The molecule has 3 aromatic rings. The second-order valence-corrected chi connectivity index (χ2v) is 11.7. The predicted octanol–water partition coefficient (Wildman–Crippen LogP) is 7.24. The van der Waals surface area contributed by atoms with Crippen LogP contribution in [0.5, 0.6) is 5.75 Å². The van der Waals surface area contributed by atoms with Crippen LogP contribution < -0.4 is 10.1 Å². The molecular weight excluding hydrogens is 555 g/mol. The van der Waals surface area contributed by atoms with Gasteiger partial charge in [-0.2, -0.15) is 0 Å². The highest BCUT2D eigenvalue weighted by Gasteiger charge is 2.45. The SMILES string of the molecule is CCCN(CCC)CC(C)NC(=O)c1ccc(C2=C[C@](C(=O)OCc3ccc(OC)cc3)(c3cccc(F)c3C)CC2)cc1. The normalized spacial score (nSPS) is 16.8. The van der Waals surface area contributed by atoms with Crippen LogP contribution in [-0.2, 0) is 21.6 Å². The zero-order valence-corrected chi connectivity index (χ0v) is 26.6. The fraction of sp³-hybridized carbons (Fsp3) is 0.405. The van der Waals surface area contributed by atoms with E-state index in [0.29, 0.717) is 29.5 Å². The third kappa shape index (κ3) is 7.75. The van der Waals surface area contributed by atoms with Crippen molar-refractivity contribution in [2.75, 3.05) is 26.7 Å². The first kappa shape index (κ1) is 32.9. The summed E-state index contributed by atoms with van der Waals surface area (Å²) in [5, 5.41) is 3.13. The highest BCUT2D eigenvalue weighted by Crippen LogP contribution is 2.45. The molecule has 1 aliphatic rings. The number of carbonyl (C=O) groups is 2. The molecule has 0 bridgehead atoms. The Morgan fingerprint density at radius 2 is 1.68 bits per heavy atom. The summed E-state index contributed by atoms with van der Waals surface area (Å²) >= 11 is 0. The Labute approximate surface area is 261 Å². The molecule has 7 heteroatoms. The topological polar surface area (TPSA) is 67.9 Å². The molecule has 1 amide bonds. The number of ether oxygens (including phenoxy) is 2. The van der Waals surface area contributed by atoms with Gasteiger partial charge in [-0.25, -0.2) is 4.39 Å². The summed E-state index contributed by atoms with van der Waals surface area (Å²) in [5.74, 6) is -0.158. The molecule has 1 N–H and O–H groups in total. The molecule has 0 radical (unpaired) electrons. The number of nitrogens with zero attached hydrogens (tertiary/aromatic N) is 1. The van der Waals surface area contributed by atoms with Crippen molar-refractivity contribution >= 4 is 17.4 Å². The zero-order chi connectivity index (χ0) is 31.7. The molecule has 1 aliphatic carbocycles. The first-order valence-electron chi connectivity index (χ1n) is 15.6. The van der Waals surface area contributed by atoms with E-state index in [1.54, 1.807) is 20.1 Å². The minimum absolute atomic E-state index is 0.0249. The standard InChI is InChI=1S/C37H45FN2O4/c1-6-21-40(22-7-2)24-26(3)39-35(41)30-15-13-29(14-16-30)31-19-20-37(23-31,33-9-8-10-34(38)27(33)4)36(42)44-25-28-11-17-32(43-5)18-12-28/h8-18,23,26H,6-7,19-22,24-25H2,1-5H3,(H,39,41)/t26?,37-/m0/s1. The summed E-state index contributed by atoms with van der Waals surface area (Å²) in [7, 11) is 1.60. The van der Waals surface area contributed by atoms with Gasteiger partial charge in [0.2, 0.25) is 0 Å². The largest absolute Gasteiger partial charge is 0.497 e. The number of carbonyl (C=O) groups excluding carboxylic acids is 2. The van der Waals surface area contributed by atoms with Crippen LogP contribution in [0.4, 0.5) is 4.39 Å². The van der Waals surface area contributed by atoms with E-state index >= 15 is 0 Å². The smallest absolute Gasteiger partial charge is 0.320 e. The lowest BCUT2D eigenvalue weighted by molar-refractivity contribution is -0.150. The van der Waals surface area contributed by atoms with Crippen LogP contribution in [0.3, 0.4) is 0 Å². The van der Waals surface area contributed by atoms with Crippen LogP contribution >= 0.6 is 0 Å². The molecule has 0 fully saturated rings. The van der Waals surface area contributed by atoms with Crippen LogP contribution in [0.1, 0.15) is 79.1 Å². The molecule has 0 aliphatic heterocycles. The maximum absolute atomic E-state index is 14.7. The van der Waals surface area contributed by atoms with E-state index in [1.807, 2.05) is 67.6 Å². The van der Waals surface area contributed by atoms with Gasteiger partial charge in [-0.3, -0.25) is 9.59 Å². The van der Waals surface area contributed by atoms with Gasteiger partial charge in [0, 0.05) is 18.2 Å². The van der Waals surface area contributed by atoms with E-state index in [0.717, 1.165) is 54.9 Å². The number of benzene rings is 3. The van der Waals surface area contributed by atoms with Crippen molar-refractivity contribution in [1.29, 1.82) is 0 Å².